The molecule has 4 N–H and O–H groups in total. The van der Waals surface area contributed by atoms with E-state index in [-0.39, 0.29) is 23.6 Å². The van der Waals surface area contributed by atoms with Crippen molar-refractivity contribution in [3.63, 3.8) is 0 Å². The van der Waals surface area contributed by atoms with Crippen molar-refractivity contribution >= 4 is 17.5 Å². The highest BCUT2D eigenvalue weighted by molar-refractivity contribution is 5.56. The van der Waals surface area contributed by atoms with Crippen molar-refractivity contribution < 1.29 is 9.66 Å². The maximum absolute atomic E-state index is 10.8. The molecule has 100 valence electrons. The summed E-state index contributed by atoms with van der Waals surface area (Å²) >= 11 is 0. The first-order valence-electron chi connectivity index (χ1n) is 5.38. The summed E-state index contributed by atoms with van der Waals surface area (Å²) < 4.78 is 5.30. The third-order valence-electron chi connectivity index (χ3n) is 1.94. The molecule has 0 radical (unpaired) electrons. The number of rotatable bonds is 7. The second-order valence-corrected chi connectivity index (χ2v) is 3.68. The summed E-state index contributed by atoms with van der Waals surface area (Å²) in [5.74, 6) is 5.35. The molecule has 0 fully saturated rings. The second kappa shape index (κ2) is 6.67. The van der Waals surface area contributed by atoms with Gasteiger partial charge in [-0.25, -0.2) is 10.8 Å². The Kier molecular flexibility index (Phi) is 5.21. The number of nitrogens with zero attached hydrogens (tertiary/aromatic N) is 3. The van der Waals surface area contributed by atoms with Crippen LogP contribution in [-0.2, 0) is 4.74 Å². The molecular formula is C9H16N6O3. The summed E-state index contributed by atoms with van der Waals surface area (Å²) in [6.07, 6.45) is 1.20. The Morgan fingerprint density at radius 2 is 2.33 bits per heavy atom. The first kappa shape index (κ1) is 14.1. The first-order valence-corrected chi connectivity index (χ1v) is 5.38. The number of nitrogen functional groups attached to an aromatic ring is 1. The molecule has 9 nitrogen and oxygen atoms in total. The van der Waals surface area contributed by atoms with E-state index < -0.39 is 4.92 Å². The van der Waals surface area contributed by atoms with Gasteiger partial charge in [0.15, 0.2) is 0 Å². The van der Waals surface area contributed by atoms with E-state index in [1.807, 2.05) is 13.8 Å². The van der Waals surface area contributed by atoms with E-state index in [0.29, 0.717) is 13.2 Å². The third-order valence-corrected chi connectivity index (χ3v) is 1.94. The van der Waals surface area contributed by atoms with Crippen molar-refractivity contribution in [3.05, 3.63) is 16.3 Å². The highest BCUT2D eigenvalue weighted by Gasteiger charge is 2.16. The fourth-order valence-electron chi connectivity index (χ4n) is 1.17. The molecule has 0 aliphatic carbocycles. The van der Waals surface area contributed by atoms with Crippen LogP contribution in [0.25, 0.3) is 0 Å². The zero-order chi connectivity index (χ0) is 13.5. The monoisotopic (exact) mass is 256 g/mol. The number of nitrogens with two attached hydrogens (primary N) is 1. The van der Waals surface area contributed by atoms with Gasteiger partial charge in [0, 0.05) is 6.54 Å². The smallest absolute Gasteiger partial charge is 0.329 e. The Bertz CT molecular complexity index is 411. The summed E-state index contributed by atoms with van der Waals surface area (Å²) in [7, 11) is 0. The van der Waals surface area contributed by atoms with Gasteiger partial charge in [-0.05, 0) is 13.8 Å². The molecule has 0 spiro atoms. The molecule has 0 saturated heterocycles. The number of nitro groups is 1. The van der Waals surface area contributed by atoms with Crippen LogP contribution in [0.1, 0.15) is 13.8 Å². The van der Waals surface area contributed by atoms with Crippen molar-refractivity contribution in [3.8, 4) is 0 Å². The lowest BCUT2D eigenvalue weighted by Crippen LogP contribution is -2.16. The molecule has 18 heavy (non-hydrogen) atoms. The predicted octanol–water partition coefficient (Wildman–Crippen LogP) is 0.507. The van der Waals surface area contributed by atoms with Crippen molar-refractivity contribution in [1.82, 2.24) is 9.97 Å². The molecule has 0 aliphatic rings. The molecule has 0 atom stereocenters. The molecule has 0 saturated carbocycles. The van der Waals surface area contributed by atoms with E-state index in [2.05, 4.69) is 20.7 Å². The lowest BCUT2D eigenvalue weighted by atomic mass is 10.4. The maximum Gasteiger partial charge on any atom is 0.329 e. The lowest BCUT2D eigenvalue weighted by Gasteiger charge is -2.09. The van der Waals surface area contributed by atoms with Gasteiger partial charge in [-0.1, -0.05) is 0 Å². The van der Waals surface area contributed by atoms with Gasteiger partial charge in [0.1, 0.15) is 6.20 Å². The highest BCUT2D eigenvalue weighted by Crippen LogP contribution is 2.21. The minimum Gasteiger partial charge on any atom is -0.377 e. The van der Waals surface area contributed by atoms with Crippen LogP contribution in [-0.4, -0.2) is 34.1 Å². The van der Waals surface area contributed by atoms with Crippen molar-refractivity contribution in [2.75, 3.05) is 23.9 Å². The maximum atomic E-state index is 10.8. The molecule has 0 bridgehead atoms. The van der Waals surface area contributed by atoms with Gasteiger partial charge in [0.05, 0.1) is 17.6 Å². The van der Waals surface area contributed by atoms with Gasteiger partial charge in [0.2, 0.25) is 11.8 Å². The van der Waals surface area contributed by atoms with Gasteiger partial charge >= 0.3 is 5.69 Å². The van der Waals surface area contributed by atoms with Gasteiger partial charge in [0.25, 0.3) is 0 Å². The highest BCUT2D eigenvalue weighted by atomic mass is 16.6. The summed E-state index contributed by atoms with van der Waals surface area (Å²) in [5, 5.41) is 13.6. The van der Waals surface area contributed by atoms with Gasteiger partial charge < -0.3 is 10.1 Å². The Morgan fingerprint density at radius 1 is 1.61 bits per heavy atom. The van der Waals surface area contributed by atoms with Crippen LogP contribution < -0.4 is 16.6 Å². The SMILES string of the molecule is CC(C)OCCNc1nc(NN)ncc1[N+](=O)[O-]. The molecule has 1 aromatic rings. The summed E-state index contributed by atoms with van der Waals surface area (Å²) in [4.78, 5) is 17.8. The minimum atomic E-state index is -0.564. The van der Waals surface area contributed by atoms with Crippen LogP contribution in [0.4, 0.5) is 17.5 Å². The number of hydrogen-bond donors (Lipinski definition) is 3. The molecule has 1 heterocycles. The van der Waals surface area contributed by atoms with Crippen LogP contribution in [0, 0.1) is 10.1 Å². The predicted molar refractivity (Wildman–Crippen MR) is 66.1 cm³/mol. The first-order chi connectivity index (χ1) is 8.54. The Labute approximate surface area is 104 Å². The lowest BCUT2D eigenvalue weighted by molar-refractivity contribution is -0.384. The molecule has 0 unspecified atom stereocenters. The van der Waals surface area contributed by atoms with Crippen LogP contribution in [0.15, 0.2) is 6.20 Å². The fraction of sp³-hybridized carbons (Fsp3) is 0.556. The van der Waals surface area contributed by atoms with Gasteiger partial charge in [-0.3, -0.25) is 15.5 Å². The van der Waals surface area contributed by atoms with Crippen LogP contribution >= 0.6 is 0 Å². The molecular weight excluding hydrogens is 240 g/mol. The number of aromatic nitrogens is 2. The minimum absolute atomic E-state index is 0.105. The molecule has 0 aromatic carbocycles. The van der Waals surface area contributed by atoms with E-state index in [1.165, 1.54) is 0 Å². The summed E-state index contributed by atoms with van der Waals surface area (Å²) in [6.45, 7) is 4.64. The van der Waals surface area contributed by atoms with Crippen LogP contribution in [0.3, 0.4) is 0 Å². The second-order valence-electron chi connectivity index (χ2n) is 3.68. The van der Waals surface area contributed by atoms with Crippen LogP contribution in [0.2, 0.25) is 0 Å². The Hall–Kier alpha value is -2.00. The van der Waals surface area contributed by atoms with Crippen molar-refractivity contribution in [1.29, 1.82) is 0 Å². The zero-order valence-electron chi connectivity index (χ0n) is 10.2. The van der Waals surface area contributed by atoms with Crippen molar-refractivity contribution in [2.45, 2.75) is 20.0 Å². The van der Waals surface area contributed by atoms with Gasteiger partial charge in [-0.2, -0.15) is 4.98 Å². The van der Waals surface area contributed by atoms with E-state index >= 15 is 0 Å². The van der Waals surface area contributed by atoms with E-state index in [4.69, 9.17) is 10.6 Å². The Balaban J connectivity index is 2.69. The number of anilines is 2. The Morgan fingerprint density at radius 3 is 2.89 bits per heavy atom. The van der Waals surface area contributed by atoms with Crippen LogP contribution in [0.5, 0.6) is 0 Å². The topological polar surface area (TPSA) is 128 Å². The van der Waals surface area contributed by atoms with E-state index in [1.54, 1.807) is 0 Å². The normalized spacial score (nSPS) is 10.4. The molecule has 1 aromatic heterocycles. The largest absolute Gasteiger partial charge is 0.377 e. The third kappa shape index (κ3) is 4.11. The number of nitrogens with one attached hydrogen (secondary N) is 2. The molecule has 0 aliphatic heterocycles. The van der Waals surface area contributed by atoms with Crippen molar-refractivity contribution in [2.24, 2.45) is 5.84 Å². The number of hydrogen-bond acceptors (Lipinski definition) is 8. The quantitative estimate of drug-likeness (QED) is 0.278. The number of ether oxygens (including phenoxy) is 1. The molecule has 0 amide bonds. The molecule has 1 rings (SSSR count). The zero-order valence-corrected chi connectivity index (χ0v) is 10.2. The van der Waals surface area contributed by atoms with Gasteiger partial charge in [-0.15, -0.1) is 0 Å². The molecule has 9 heteroatoms. The average Bonchev–Trinajstić information content (AvgIpc) is 2.33. The van der Waals surface area contributed by atoms with E-state index in [9.17, 15) is 10.1 Å². The average molecular weight is 256 g/mol. The van der Waals surface area contributed by atoms with E-state index in [0.717, 1.165) is 6.20 Å². The number of hydrazine groups is 1. The fourth-order valence-corrected chi connectivity index (χ4v) is 1.17. The standard InChI is InChI=1S/C9H16N6O3/c1-6(2)18-4-3-11-8-7(15(16)17)5-12-9(13-8)14-10/h5-6H,3-4,10H2,1-2H3,(H2,11,12,13,14). The summed E-state index contributed by atoms with van der Waals surface area (Å²) in [5.41, 5.74) is 2.02. The summed E-state index contributed by atoms with van der Waals surface area (Å²) in [6, 6.07) is 0.